The average Bonchev–Trinajstić information content (AvgIpc) is 1.91. The van der Waals surface area contributed by atoms with Gasteiger partial charge in [0.2, 0.25) is 0 Å². The monoisotopic (exact) mass is 144 g/mol. The molecule has 1 heteroatoms. The number of aliphatic hydroxyl groups is 1. The molecule has 1 aliphatic rings. The number of aliphatic hydroxyl groups excluding tert-OH is 1. The standard InChI is InChI=1S/C7H14O.C2H6/c1-6-3-2-4-7(8)5-6;1-2/h6-8H,2-5H2,1H3;1-2H3/t6-,7+;/m0./s1. The molecule has 1 rings (SSSR count). The lowest BCUT2D eigenvalue weighted by atomic mass is 9.89. The predicted octanol–water partition coefficient (Wildman–Crippen LogP) is 2.58. The summed E-state index contributed by atoms with van der Waals surface area (Å²) in [6.45, 7) is 6.21. The second-order valence-corrected chi connectivity index (χ2v) is 2.93. The smallest absolute Gasteiger partial charge is 0.0542 e. The third-order valence-electron chi connectivity index (χ3n) is 1.91. The fraction of sp³-hybridized carbons (Fsp3) is 1.00. The molecule has 0 amide bonds. The van der Waals surface area contributed by atoms with Crippen molar-refractivity contribution in [2.24, 2.45) is 5.92 Å². The summed E-state index contributed by atoms with van der Waals surface area (Å²) in [5, 5.41) is 9.08. The minimum Gasteiger partial charge on any atom is -0.393 e. The van der Waals surface area contributed by atoms with E-state index in [1.807, 2.05) is 13.8 Å². The van der Waals surface area contributed by atoms with Crippen molar-refractivity contribution in [2.45, 2.75) is 52.6 Å². The van der Waals surface area contributed by atoms with E-state index in [1.165, 1.54) is 12.8 Å². The van der Waals surface area contributed by atoms with Crippen molar-refractivity contribution in [1.82, 2.24) is 0 Å². The van der Waals surface area contributed by atoms with E-state index in [9.17, 15) is 0 Å². The fourth-order valence-corrected chi connectivity index (χ4v) is 1.40. The Balaban J connectivity index is 0.000000371. The van der Waals surface area contributed by atoms with Crippen LogP contribution in [0.5, 0.6) is 0 Å². The summed E-state index contributed by atoms with van der Waals surface area (Å²) in [6.07, 6.45) is 4.61. The minimum atomic E-state index is 0.0127. The van der Waals surface area contributed by atoms with Crippen LogP contribution in [0.25, 0.3) is 0 Å². The Morgan fingerprint density at radius 3 is 2.10 bits per heavy atom. The molecule has 2 atom stereocenters. The Bertz CT molecular complexity index is 63.1. The number of hydrogen-bond acceptors (Lipinski definition) is 1. The van der Waals surface area contributed by atoms with Crippen LogP contribution in [0.1, 0.15) is 46.5 Å². The average molecular weight is 144 g/mol. The highest BCUT2D eigenvalue weighted by Gasteiger charge is 2.15. The summed E-state index contributed by atoms with van der Waals surface area (Å²) in [7, 11) is 0. The van der Waals surface area contributed by atoms with Crippen LogP contribution >= 0.6 is 0 Å². The number of hydrogen-bond donors (Lipinski definition) is 1. The molecule has 0 spiro atoms. The molecule has 0 radical (unpaired) electrons. The summed E-state index contributed by atoms with van der Waals surface area (Å²) >= 11 is 0. The van der Waals surface area contributed by atoms with E-state index in [2.05, 4.69) is 6.92 Å². The van der Waals surface area contributed by atoms with E-state index in [-0.39, 0.29) is 6.10 Å². The van der Waals surface area contributed by atoms with Gasteiger partial charge in [-0.3, -0.25) is 0 Å². The normalized spacial score (nSPS) is 32.4. The first-order valence-corrected chi connectivity index (χ1v) is 4.47. The Hall–Kier alpha value is -0.0400. The zero-order chi connectivity index (χ0) is 7.98. The Morgan fingerprint density at radius 1 is 1.20 bits per heavy atom. The highest BCUT2D eigenvalue weighted by atomic mass is 16.3. The molecule has 0 saturated heterocycles. The van der Waals surface area contributed by atoms with Gasteiger partial charge in [-0.25, -0.2) is 0 Å². The van der Waals surface area contributed by atoms with Gasteiger partial charge in [0.15, 0.2) is 0 Å². The van der Waals surface area contributed by atoms with E-state index in [1.54, 1.807) is 0 Å². The summed E-state index contributed by atoms with van der Waals surface area (Å²) < 4.78 is 0. The third-order valence-corrected chi connectivity index (χ3v) is 1.91. The largest absolute Gasteiger partial charge is 0.393 e. The summed E-state index contributed by atoms with van der Waals surface area (Å²) in [5.41, 5.74) is 0. The second-order valence-electron chi connectivity index (χ2n) is 2.93. The predicted molar refractivity (Wildman–Crippen MR) is 45.0 cm³/mol. The summed E-state index contributed by atoms with van der Waals surface area (Å²) in [4.78, 5) is 0. The van der Waals surface area contributed by atoms with E-state index < -0.39 is 0 Å². The summed E-state index contributed by atoms with van der Waals surface area (Å²) in [5.74, 6) is 0.763. The Labute approximate surface area is 64.5 Å². The first-order chi connectivity index (χ1) is 4.79. The van der Waals surface area contributed by atoms with Crippen LogP contribution in [-0.2, 0) is 0 Å². The van der Waals surface area contributed by atoms with E-state index >= 15 is 0 Å². The van der Waals surface area contributed by atoms with Gasteiger partial charge in [-0.1, -0.05) is 33.6 Å². The molecule has 10 heavy (non-hydrogen) atoms. The van der Waals surface area contributed by atoms with Crippen molar-refractivity contribution in [1.29, 1.82) is 0 Å². The van der Waals surface area contributed by atoms with E-state index in [0.29, 0.717) is 0 Å². The highest BCUT2D eigenvalue weighted by molar-refractivity contribution is 4.67. The lowest BCUT2D eigenvalue weighted by molar-refractivity contribution is 0.106. The summed E-state index contributed by atoms with van der Waals surface area (Å²) in [6, 6.07) is 0. The van der Waals surface area contributed by atoms with Crippen LogP contribution in [0.15, 0.2) is 0 Å². The van der Waals surface area contributed by atoms with Gasteiger partial charge in [0.1, 0.15) is 0 Å². The van der Waals surface area contributed by atoms with Crippen LogP contribution in [0.4, 0.5) is 0 Å². The molecule has 0 aromatic carbocycles. The van der Waals surface area contributed by atoms with Gasteiger partial charge in [-0.15, -0.1) is 0 Å². The molecule has 0 aromatic heterocycles. The highest BCUT2D eigenvalue weighted by Crippen LogP contribution is 2.22. The molecule has 0 bridgehead atoms. The third kappa shape index (κ3) is 3.89. The van der Waals surface area contributed by atoms with E-state index in [4.69, 9.17) is 5.11 Å². The lowest BCUT2D eigenvalue weighted by Crippen LogP contribution is -2.16. The van der Waals surface area contributed by atoms with Gasteiger partial charge < -0.3 is 5.11 Å². The molecule has 0 aliphatic heterocycles. The van der Waals surface area contributed by atoms with Crippen molar-refractivity contribution >= 4 is 0 Å². The van der Waals surface area contributed by atoms with Crippen LogP contribution in [0.3, 0.4) is 0 Å². The van der Waals surface area contributed by atoms with Crippen LogP contribution in [-0.4, -0.2) is 11.2 Å². The van der Waals surface area contributed by atoms with Crippen LogP contribution in [0, 0.1) is 5.92 Å². The maximum atomic E-state index is 9.08. The quantitative estimate of drug-likeness (QED) is 0.554. The molecular formula is C9H20O. The molecule has 1 N–H and O–H groups in total. The van der Waals surface area contributed by atoms with E-state index in [0.717, 1.165) is 18.8 Å². The van der Waals surface area contributed by atoms with Crippen molar-refractivity contribution in [3.8, 4) is 0 Å². The molecule has 0 heterocycles. The van der Waals surface area contributed by atoms with Crippen LogP contribution in [0.2, 0.25) is 0 Å². The second kappa shape index (κ2) is 5.72. The van der Waals surface area contributed by atoms with Gasteiger partial charge in [0.25, 0.3) is 0 Å². The maximum Gasteiger partial charge on any atom is 0.0542 e. The van der Waals surface area contributed by atoms with Gasteiger partial charge in [0.05, 0.1) is 6.10 Å². The van der Waals surface area contributed by atoms with Gasteiger partial charge in [0, 0.05) is 0 Å². The fourth-order valence-electron chi connectivity index (χ4n) is 1.40. The Kier molecular flexibility index (Phi) is 5.70. The van der Waals surface area contributed by atoms with Crippen molar-refractivity contribution in [3.63, 3.8) is 0 Å². The zero-order valence-corrected chi connectivity index (χ0v) is 7.43. The SMILES string of the molecule is CC.C[C@H]1CCC[C@@H](O)C1. The molecule has 62 valence electrons. The van der Waals surface area contributed by atoms with Gasteiger partial charge >= 0.3 is 0 Å². The minimum absolute atomic E-state index is 0.0127. The lowest BCUT2D eigenvalue weighted by Gasteiger charge is -2.21. The Morgan fingerprint density at radius 2 is 1.80 bits per heavy atom. The first kappa shape index (κ1) is 9.96. The van der Waals surface area contributed by atoms with Crippen molar-refractivity contribution in [2.75, 3.05) is 0 Å². The zero-order valence-electron chi connectivity index (χ0n) is 7.43. The molecule has 1 fully saturated rings. The topological polar surface area (TPSA) is 20.2 Å². The van der Waals surface area contributed by atoms with Gasteiger partial charge in [-0.2, -0.15) is 0 Å². The molecular weight excluding hydrogens is 124 g/mol. The van der Waals surface area contributed by atoms with Crippen molar-refractivity contribution in [3.05, 3.63) is 0 Å². The molecule has 0 unspecified atom stereocenters. The molecule has 0 aromatic rings. The maximum absolute atomic E-state index is 9.08. The van der Waals surface area contributed by atoms with Crippen molar-refractivity contribution < 1.29 is 5.11 Å². The molecule has 1 aliphatic carbocycles. The van der Waals surface area contributed by atoms with Crippen LogP contribution < -0.4 is 0 Å². The number of rotatable bonds is 0. The molecule has 1 saturated carbocycles. The van der Waals surface area contributed by atoms with Gasteiger partial charge in [-0.05, 0) is 18.8 Å². The first-order valence-electron chi connectivity index (χ1n) is 4.47. The molecule has 1 nitrogen and oxygen atoms in total.